The van der Waals surface area contributed by atoms with Crippen molar-refractivity contribution in [3.05, 3.63) is 75.3 Å². The predicted octanol–water partition coefficient (Wildman–Crippen LogP) is 2.77. The summed E-state index contributed by atoms with van der Waals surface area (Å²) >= 11 is 0. The van der Waals surface area contributed by atoms with Crippen molar-refractivity contribution in [3.63, 3.8) is 0 Å². The molecule has 0 radical (unpaired) electrons. The van der Waals surface area contributed by atoms with E-state index in [0.29, 0.717) is 19.0 Å². The number of nitrogens with one attached hydrogen (secondary N) is 2. The zero-order chi connectivity index (χ0) is 16.7. The third-order valence-corrected chi connectivity index (χ3v) is 3.41. The van der Waals surface area contributed by atoms with Crippen LogP contribution in [0.3, 0.4) is 0 Å². The van der Waals surface area contributed by atoms with Crippen LogP contribution in [0.4, 0.5) is 5.69 Å². The van der Waals surface area contributed by atoms with Gasteiger partial charge in [0.25, 0.3) is 5.69 Å². The fraction of sp³-hybridized carbons (Fsp3) is 0.235. The Hall–Kier alpha value is -2.89. The number of hydrogen-bond acceptors (Lipinski definition) is 3. The van der Waals surface area contributed by atoms with Crippen LogP contribution in [-0.2, 0) is 13.1 Å². The summed E-state index contributed by atoms with van der Waals surface area (Å²) in [5.74, 6) is 0.684. The van der Waals surface area contributed by atoms with E-state index in [-0.39, 0.29) is 5.69 Å². The summed E-state index contributed by atoms with van der Waals surface area (Å²) in [4.78, 5) is 14.4. The topological polar surface area (TPSA) is 79.6 Å². The minimum Gasteiger partial charge on any atom is -0.352 e. The molecule has 2 aromatic carbocycles. The number of aryl methyl sites for hydroxylation is 1. The van der Waals surface area contributed by atoms with Crippen molar-refractivity contribution in [2.75, 3.05) is 7.05 Å². The Morgan fingerprint density at radius 1 is 1.00 bits per heavy atom. The molecule has 0 atom stereocenters. The molecule has 2 N–H and O–H groups in total. The van der Waals surface area contributed by atoms with Crippen molar-refractivity contribution >= 4 is 11.6 Å². The first-order chi connectivity index (χ1) is 11.1. The lowest BCUT2D eigenvalue weighted by Gasteiger charge is -2.12. The van der Waals surface area contributed by atoms with Gasteiger partial charge < -0.3 is 10.6 Å². The molecule has 0 saturated heterocycles. The number of nitrogens with zero attached hydrogens (tertiary/aromatic N) is 2. The number of aliphatic imine (C=N–C) groups is 1. The molecule has 0 aliphatic heterocycles. The molecule has 0 bridgehead atoms. The van der Waals surface area contributed by atoms with Crippen LogP contribution in [0.1, 0.15) is 16.7 Å². The summed E-state index contributed by atoms with van der Waals surface area (Å²) in [7, 11) is 1.71. The molecular weight excluding hydrogens is 292 g/mol. The number of guanidine groups is 1. The molecule has 6 heteroatoms. The molecule has 2 aromatic rings. The first-order valence-electron chi connectivity index (χ1n) is 7.32. The number of benzene rings is 2. The van der Waals surface area contributed by atoms with Gasteiger partial charge >= 0.3 is 0 Å². The van der Waals surface area contributed by atoms with Crippen molar-refractivity contribution in [2.24, 2.45) is 4.99 Å². The summed E-state index contributed by atoms with van der Waals surface area (Å²) in [6, 6.07) is 14.8. The number of nitro benzene ring substituents is 1. The van der Waals surface area contributed by atoms with Gasteiger partial charge in [0, 0.05) is 32.3 Å². The quantitative estimate of drug-likeness (QED) is 0.385. The molecular formula is C17H20N4O2. The smallest absolute Gasteiger partial charge is 0.269 e. The Balaban J connectivity index is 1.85. The van der Waals surface area contributed by atoms with Gasteiger partial charge in [-0.15, -0.1) is 0 Å². The van der Waals surface area contributed by atoms with E-state index in [9.17, 15) is 10.1 Å². The molecule has 0 unspecified atom stereocenters. The summed E-state index contributed by atoms with van der Waals surface area (Å²) in [5.41, 5.74) is 3.45. The van der Waals surface area contributed by atoms with Gasteiger partial charge in [-0.1, -0.05) is 42.0 Å². The molecule has 0 aliphatic rings. The predicted molar refractivity (Wildman–Crippen MR) is 91.3 cm³/mol. The van der Waals surface area contributed by atoms with Gasteiger partial charge in [-0.2, -0.15) is 0 Å². The third-order valence-electron chi connectivity index (χ3n) is 3.41. The molecule has 0 spiro atoms. The van der Waals surface area contributed by atoms with E-state index >= 15 is 0 Å². The third kappa shape index (κ3) is 5.10. The maximum absolute atomic E-state index is 10.6. The van der Waals surface area contributed by atoms with Gasteiger partial charge in [-0.05, 0) is 18.1 Å². The van der Waals surface area contributed by atoms with E-state index in [1.807, 2.05) is 0 Å². The SMILES string of the molecule is CN=C(NCc1ccc(C)cc1)NCc1ccc([N+](=O)[O-])cc1. The van der Waals surface area contributed by atoms with Gasteiger partial charge in [0.05, 0.1) is 4.92 Å². The van der Waals surface area contributed by atoms with Crippen LogP contribution < -0.4 is 10.6 Å². The molecule has 0 heterocycles. The summed E-state index contributed by atoms with van der Waals surface area (Å²) in [6.07, 6.45) is 0. The van der Waals surface area contributed by atoms with Crippen LogP contribution in [0.2, 0.25) is 0 Å². The van der Waals surface area contributed by atoms with Crippen molar-refractivity contribution in [3.8, 4) is 0 Å². The van der Waals surface area contributed by atoms with Gasteiger partial charge in [-0.3, -0.25) is 15.1 Å². The van der Waals surface area contributed by atoms with E-state index in [1.54, 1.807) is 19.2 Å². The highest BCUT2D eigenvalue weighted by Gasteiger charge is 2.04. The molecule has 6 nitrogen and oxygen atoms in total. The first-order valence-corrected chi connectivity index (χ1v) is 7.32. The lowest BCUT2D eigenvalue weighted by molar-refractivity contribution is -0.384. The Morgan fingerprint density at radius 2 is 1.48 bits per heavy atom. The van der Waals surface area contributed by atoms with Crippen molar-refractivity contribution < 1.29 is 4.92 Å². The highest BCUT2D eigenvalue weighted by molar-refractivity contribution is 5.79. The van der Waals surface area contributed by atoms with Gasteiger partial charge in [0.15, 0.2) is 5.96 Å². The van der Waals surface area contributed by atoms with Crippen molar-refractivity contribution in [1.82, 2.24) is 10.6 Å². The molecule has 0 aliphatic carbocycles. The lowest BCUT2D eigenvalue weighted by atomic mass is 10.1. The van der Waals surface area contributed by atoms with E-state index in [2.05, 4.69) is 46.8 Å². The van der Waals surface area contributed by atoms with Crippen molar-refractivity contribution in [1.29, 1.82) is 0 Å². The normalized spacial score (nSPS) is 11.1. The number of non-ortho nitro benzene ring substituents is 1. The maximum atomic E-state index is 10.6. The first kappa shape index (κ1) is 16.5. The Bertz CT molecular complexity index is 679. The lowest BCUT2D eigenvalue weighted by Crippen LogP contribution is -2.36. The van der Waals surface area contributed by atoms with Crippen LogP contribution in [-0.4, -0.2) is 17.9 Å². The minimum atomic E-state index is -0.404. The second-order valence-corrected chi connectivity index (χ2v) is 5.19. The van der Waals surface area contributed by atoms with Gasteiger partial charge in [0.1, 0.15) is 0 Å². The summed E-state index contributed by atoms with van der Waals surface area (Å²) in [5, 5.41) is 17.0. The summed E-state index contributed by atoms with van der Waals surface area (Å²) in [6.45, 7) is 3.29. The summed E-state index contributed by atoms with van der Waals surface area (Å²) < 4.78 is 0. The molecule has 0 aromatic heterocycles. The van der Waals surface area contributed by atoms with Crippen LogP contribution in [0.25, 0.3) is 0 Å². The van der Waals surface area contributed by atoms with Gasteiger partial charge in [-0.25, -0.2) is 0 Å². The van der Waals surface area contributed by atoms with Crippen LogP contribution >= 0.6 is 0 Å². The molecule has 0 saturated carbocycles. The average molecular weight is 312 g/mol. The second-order valence-electron chi connectivity index (χ2n) is 5.19. The van der Waals surface area contributed by atoms with E-state index in [4.69, 9.17) is 0 Å². The number of nitro groups is 1. The second kappa shape index (κ2) is 7.93. The highest BCUT2D eigenvalue weighted by Crippen LogP contribution is 2.11. The van der Waals surface area contributed by atoms with E-state index in [1.165, 1.54) is 23.3 Å². The molecule has 2 rings (SSSR count). The molecule has 0 amide bonds. The fourth-order valence-electron chi connectivity index (χ4n) is 2.03. The zero-order valence-corrected chi connectivity index (χ0v) is 13.2. The van der Waals surface area contributed by atoms with Crippen LogP contribution in [0.15, 0.2) is 53.5 Å². The fourth-order valence-corrected chi connectivity index (χ4v) is 2.03. The molecule has 23 heavy (non-hydrogen) atoms. The van der Waals surface area contributed by atoms with Gasteiger partial charge in [0.2, 0.25) is 0 Å². The Morgan fingerprint density at radius 3 is 1.91 bits per heavy atom. The number of rotatable bonds is 5. The largest absolute Gasteiger partial charge is 0.352 e. The Kier molecular flexibility index (Phi) is 5.68. The monoisotopic (exact) mass is 312 g/mol. The van der Waals surface area contributed by atoms with E-state index in [0.717, 1.165) is 5.56 Å². The standard InChI is InChI=1S/C17H20N4O2/c1-13-3-5-14(6-4-13)11-19-17(18-2)20-12-15-7-9-16(10-8-15)21(22)23/h3-10H,11-12H2,1-2H3,(H2,18,19,20). The van der Waals surface area contributed by atoms with E-state index < -0.39 is 4.92 Å². The molecule has 0 fully saturated rings. The van der Waals surface area contributed by atoms with Crippen LogP contribution in [0, 0.1) is 17.0 Å². The van der Waals surface area contributed by atoms with Crippen LogP contribution in [0.5, 0.6) is 0 Å². The Labute approximate surface area is 135 Å². The minimum absolute atomic E-state index is 0.0932. The molecule has 120 valence electrons. The average Bonchev–Trinajstić information content (AvgIpc) is 2.57. The number of hydrogen-bond donors (Lipinski definition) is 2. The maximum Gasteiger partial charge on any atom is 0.269 e. The highest BCUT2D eigenvalue weighted by atomic mass is 16.6. The zero-order valence-electron chi connectivity index (χ0n) is 13.2. The van der Waals surface area contributed by atoms with Crippen molar-refractivity contribution in [2.45, 2.75) is 20.0 Å².